The summed E-state index contributed by atoms with van der Waals surface area (Å²) in [5.41, 5.74) is 1.91. The van der Waals surface area contributed by atoms with Crippen molar-refractivity contribution >= 4 is 17.4 Å². The Bertz CT molecular complexity index is 1030. The van der Waals surface area contributed by atoms with Gasteiger partial charge in [-0.3, -0.25) is 9.59 Å². The summed E-state index contributed by atoms with van der Waals surface area (Å²) in [6.45, 7) is 4.93. The fourth-order valence-electron chi connectivity index (χ4n) is 3.84. The number of aryl methyl sites for hydroxylation is 1. The Morgan fingerprint density at radius 3 is 2.47 bits per heavy atom. The zero-order valence-corrected chi connectivity index (χ0v) is 18.9. The monoisotopic (exact) mass is 439 g/mol. The molecule has 2 aromatic carbocycles. The summed E-state index contributed by atoms with van der Waals surface area (Å²) in [6, 6.07) is 11.6. The van der Waals surface area contributed by atoms with Crippen LogP contribution in [0.1, 0.15) is 36.1 Å². The number of nitrogens with zero attached hydrogens (tertiary/aromatic N) is 1. The molecule has 170 valence electrons. The van der Waals surface area contributed by atoms with Crippen molar-refractivity contribution in [2.75, 3.05) is 34.0 Å². The number of carbonyl (C=O) groups is 2. The summed E-state index contributed by atoms with van der Waals surface area (Å²) in [5.74, 6) is -0.417. The number of carbonyl (C=O) groups excluding carboxylic acids is 2. The lowest BCUT2D eigenvalue weighted by molar-refractivity contribution is -0.140. The summed E-state index contributed by atoms with van der Waals surface area (Å²) in [7, 11) is 3.05. The lowest BCUT2D eigenvalue weighted by Gasteiger charge is -2.26. The third-order valence-corrected chi connectivity index (χ3v) is 5.42. The van der Waals surface area contributed by atoms with Crippen molar-refractivity contribution in [1.82, 2.24) is 4.90 Å². The van der Waals surface area contributed by atoms with Crippen LogP contribution < -0.4 is 9.47 Å². The van der Waals surface area contributed by atoms with E-state index in [-0.39, 0.29) is 24.5 Å². The van der Waals surface area contributed by atoms with E-state index < -0.39 is 17.7 Å². The molecule has 0 saturated carbocycles. The zero-order chi connectivity index (χ0) is 23.3. The number of methoxy groups -OCH3 is 2. The van der Waals surface area contributed by atoms with E-state index in [0.29, 0.717) is 29.2 Å². The molecule has 1 aliphatic heterocycles. The van der Waals surface area contributed by atoms with E-state index in [9.17, 15) is 14.7 Å². The molecule has 7 nitrogen and oxygen atoms in total. The summed E-state index contributed by atoms with van der Waals surface area (Å²) in [6.07, 6.45) is 0.880. The molecule has 0 aromatic heterocycles. The first kappa shape index (κ1) is 23.3. The summed E-state index contributed by atoms with van der Waals surface area (Å²) >= 11 is 0. The van der Waals surface area contributed by atoms with Crippen molar-refractivity contribution in [2.24, 2.45) is 0 Å². The van der Waals surface area contributed by atoms with Crippen molar-refractivity contribution in [1.29, 1.82) is 0 Å². The first-order valence-corrected chi connectivity index (χ1v) is 10.6. The maximum Gasteiger partial charge on any atom is 0.295 e. The van der Waals surface area contributed by atoms with Crippen LogP contribution in [-0.4, -0.2) is 55.7 Å². The second-order valence-corrected chi connectivity index (χ2v) is 7.56. The minimum absolute atomic E-state index is 0.0252. The van der Waals surface area contributed by atoms with Gasteiger partial charge in [-0.2, -0.15) is 0 Å². The van der Waals surface area contributed by atoms with E-state index in [1.807, 2.05) is 19.9 Å². The van der Waals surface area contributed by atoms with Crippen molar-refractivity contribution in [2.45, 2.75) is 26.3 Å². The van der Waals surface area contributed by atoms with Crippen molar-refractivity contribution < 1.29 is 28.9 Å². The van der Waals surface area contributed by atoms with E-state index in [1.54, 1.807) is 36.4 Å². The number of benzene rings is 2. The van der Waals surface area contributed by atoms with Gasteiger partial charge in [-0.05, 0) is 43.2 Å². The molecule has 1 aliphatic rings. The number of ketones is 1. The average Bonchev–Trinajstić information content (AvgIpc) is 3.06. The van der Waals surface area contributed by atoms with E-state index in [0.717, 1.165) is 12.0 Å². The van der Waals surface area contributed by atoms with Gasteiger partial charge in [0.05, 0.1) is 31.9 Å². The Morgan fingerprint density at radius 1 is 1.06 bits per heavy atom. The van der Waals surface area contributed by atoms with Gasteiger partial charge in [0.15, 0.2) is 0 Å². The number of likely N-dealkylation sites (tertiary alicyclic amines) is 1. The SMILES string of the molecule is CCCOc1ccc(/C(O)=C2\C(=O)C(=O)N(CCOC)C2c2ccccc2OC)cc1C. The minimum Gasteiger partial charge on any atom is -0.507 e. The Hall–Kier alpha value is -3.32. The smallest absolute Gasteiger partial charge is 0.295 e. The average molecular weight is 440 g/mol. The largest absolute Gasteiger partial charge is 0.507 e. The van der Waals surface area contributed by atoms with Crippen LogP contribution in [-0.2, 0) is 14.3 Å². The Balaban J connectivity index is 2.14. The molecule has 1 fully saturated rings. The molecule has 0 radical (unpaired) electrons. The topological polar surface area (TPSA) is 85.3 Å². The standard InChI is InChI=1S/C25H29NO6/c1-5-13-32-19-11-10-17(15-16(19)2)23(27)21-22(18-8-6-7-9-20(18)31-4)26(12-14-30-3)25(29)24(21)28/h6-11,15,22,27H,5,12-14H2,1-4H3/b23-21+. The van der Waals surface area contributed by atoms with E-state index >= 15 is 0 Å². The highest BCUT2D eigenvalue weighted by atomic mass is 16.5. The maximum absolute atomic E-state index is 13.1. The number of rotatable bonds is 9. The molecule has 1 amide bonds. The number of ether oxygens (including phenoxy) is 3. The van der Waals surface area contributed by atoms with Gasteiger partial charge in [0.1, 0.15) is 17.3 Å². The Labute approximate surface area is 188 Å². The van der Waals surface area contributed by atoms with Gasteiger partial charge >= 0.3 is 0 Å². The van der Waals surface area contributed by atoms with Crippen LogP contribution in [0.4, 0.5) is 0 Å². The number of aliphatic hydroxyl groups is 1. The third-order valence-electron chi connectivity index (χ3n) is 5.42. The summed E-state index contributed by atoms with van der Waals surface area (Å²) in [5, 5.41) is 11.2. The van der Waals surface area contributed by atoms with Crippen LogP contribution in [0.15, 0.2) is 48.0 Å². The number of hydrogen-bond donors (Lipinski definition) is 1. The molecule has 0 spiro atoms. The quantitative estimate of drug-likeness (QED) is 0.363. The second kappa shape index (κ2) is 10.3. The molecule has 0 bridgehead atoms. The lowest BCUT2D eigenvalue weighted by atomic mass is 9.94. The van der Waals surface area contributed by atoms with Gasteiger partial charge < -0.3 is 24.2 Å². The molecule has 0 aliphatic carbocycles. The van der Waals surface area contributed by atoms with Crippen LogP contribution >= 0.6 is 0 Å². The normalized spacial score (nSPS) is 17.6. The predicted octanol–water partition coefficient (Wildman–Crippen LogP) is 3.86. The van der Waals surface area contributed by atoms with Crippen LogP contribution in [0.5, 0.6) is 11.5 Å². The van der Waals surface area contributed by atoms with Crippen LogP contribution in [0.2, 0.25) is 0 Å². The van der Waals surface area contributed by atoms with Crippen LogP contribution in [0, 0.1) is 6.92 Å². The molecule has 3 rings (SSSR count). The van der Waals surface area contributed by atoms with Crippen molar-refractivity contribution in [3.63, 3.8) is 0 Å². The molecule has 1 N–H and O–H groups in total. The number of amides is 1. The number of Topliss-reactive ketones (excluding diaryl/α,β-unsaturated/α-hetero) is 1. The van der Waals surface area contributed by atoms with Crippen molar-refractivity contribution in [3.8, 4) is 11.5 Å². The van der Waals surface area contributed by atoms with Gasteiger partial charge in [-0.15, -0.1) is 0 Å². The second-order valence-electron chi connectivity index (χ2n) is 7.56. The zero-order valence-electron chi connectivity index (χ0n) is 18.9. The van der Waals surface area contributed by atoms with E-state index in [2.05, 4.69) is 0 Å². The molecule has 1 unspecified atom stereocenters. The predicted molar refractivity (Wildman–Crippen MR) is 121 cm³/mol. The number of para-hydroxylation sites is 1. The molecule has 1 heterocycles. The molecule has 32 heavy (non-hydrogen) atoms. The van der Waals surface area contributed by atoms with E-state index in [1.165, 1.54) is 19.1 Å². The highest BCUT2D eigenvalue weighted by molar-refractivity contribution is 6.46. The number of aliphatic hydroxyl groups excluding tert-OH is 1. The van der Waals surface area contributed by atoms with E-state index in [4.69, 9.17) is 14.2 Å². The minimum atomic E-state index is -0.794. The molecule has 1 atom stereocenters. The molecule has 2 aromatic rings. The molecule has 7 heteroatoms. The van der Waals surface area contributed by atoms with Gasteiger partial charge in [-0.1, -0.05) is 25.1 Å². The Morgan fingerprint density at radius 2 is 1.81 bits per heavy atom. The fraction of sp³-hybridized carbons (Fsp3) is 0.360. The van der Waals surface area contributed by atoms with Crippen LogP contribution in [0.3, 0.4) is 0 Å². The van der Waals surface area contributed by atoms with Crippen LogP contribution in [0.25, 0.3) is 5.76 Å². The Kier molecular flexibility index (Phi) is 7.53. The summed E-state index contributed by atoms with van der Waals surface area (Å²) < 4.78 is 16.3. The first-order valence-electron chi connectivity index (χ1n) is 10.6. The molecular weight excluding hydrogens is 410 g/mol. The van der Waals surface area contributed by atoms with Gasteiger partial charge in [-0.25, -0.2) is 0 Å². The highest BCUT2D eigenvalue weighted by Crippen LogP contribution is 2.42. The fourth-order valence-corrected chi connectivity index (χ4v) is 3.84. The van der Waals surface area contributed by atoms with Gasteiger partial charge in [0, 0.05) is 24.8 Å². The van der Waals surface area contributed by atoms with Gasteiger partial charge in [0.25, 0.3) is 11.7 Å². The maximum atomic E-state index is 13.1. The lowest BCUT2D eigenvalue weighted by Crippen LogP contribution is -2.32. The third kappa shape index (κ3) is 4.48. The molecule has 1 saturated heterocycles. The van der Waals surface area contributed by atoms with Crippen molar-refractivity contribution in [3.05, 3.63) is 64.7 Å². The number of hydrogen-bond acceptors (Lipinski definition) is 6. The highest BCUT2D eigenvalue weighted by Gasteiger charge is 2.46. The molecular formula is C25H29NO6. The van der Waals surface area contributed by atoms with Gasteiger partial charge in [0.2, 0.25) is 0 Å². The first-order chi connectivity index (χ1) is 15.4. The summed E-state index contributed by atoms with van der Waals surface area (Å²) in [4.78, 5) is 27.4.